The zero-order chi connectivity index (χ0) is 14.3. The van der Waals surface area contributed by atoms with Crippen LogP contribution in [0.2, 0.25) is 0 Å². The van der Waals surface area contributed by atoms with E-state index in [0.29, 0.717) is 17.8 Å². The van der Waals surface area contributed by atoms with Crippen LogP contribution in [0.25, 0.3) is 16.7 Å². The van der Waals surface area contributed by atoms with E-state index in [4.69, 9.17) is 5.73 Å². The molecule has 20 heavy (non-hydrogen) atoms. The zero-order valence-electron chi connectivity index (χ0n) is 10.9. The molecule has 3 rings (SSSR count). The van der Waals surface area contributed by atoms with E-state index in [1.165, 1.54) is 12.1 Å². The van der Waals surface area contributed by atoms with E-state index in [2.05, 4.69) is 4.98 Å². The summed E-state index contributed by atoms with van der Waals surface area (Å²) < 4.78 is 28.3. The van der Waals surface area contributed by atoms with Gasteiger partial charge in [-0.05, 0) is 30.3 Å². The highest BCUT2D eigenvalue weighted by Crippen LogP contribution is 2.24. The first-order chi connectivity index (χ1) is 9.60. The van der Waals surface area contributed by atoms with Gasteiger partial charge >= 0.3 is 0 Å². The topological polar surface area (TPSA) is 43.8 Å². The molecule has 0 atom stereocenters. The summed E-state index contributed by atoms with van der Waals surface area (Å²) in [6.07, 6.45) is 0.674. The molecule has 102 valence electrons. The van der Waals surface area contributed by atoms with E-state index in [9.17, 15) is 8.78 Å². The Bertz CT molecular complexity index is 793. The number of nitrogens with zero attached hydrogens (tertiary/aromatic N) is 2. The third-order valence-electron chi connectivity index (χ3n) is 3.23. The molecule has 0 unspecified atom stereocenters. The van der Waals surface area contributed by atoms with Crippen LogP contribution >= 0.6 is 0 Å². The van der Waals surface area contributed by atoms with Gasteiger partial charge in [0.2, 0.25) is 0 Å². The quantitative estimate of drug-likeness (QED) is 0.727. The van der Waals surface area contributed by atoms with Crippen LogP contribution in [0.5, 0.6) is 0 Å². The van der Waals surface area contributed by atoms with E-state index in [1.807, 2.05) is 17.6 Å². The number of fused-ring (bicyclic) bond motifs is 1. The Morgan fingerprint density at radius 1 is 1.10 bits per heavy atom. The number of hydrogen-bond acceptors (Lipinski definition) is 2. The van der Waals surface area contributed by atoms with Crippen LogP contribution in [0, 0.1) is 11.6 Å². The highest BCUT2D eigenvalue weighted by Gasteiger charge is 2.13. The highest BCUT2D eigenvalue weighted by atomic mass is 19.2. The minimum atomic E-state index is -0.873. The Hall–Kier alpha value is -2.43. The van der Waals surface area contributed by atoms with Crippen LogP contribution < -0.4 is 5.73 Å². The number of halogens is 2. The van der Waals surface area contributed by atoms with Crippen LogP contribution in [-0.4, -0.2) is 9.55 Å². The average molecular weight is 273 g/mol. The van der Waals surface area contributed by atoms with Gasteiger partial charge in [-0.3, -0.25) is 4.57 Å². The zero-order valence-corrected chi connectivity index (χ0v) is 10.9. The number of aromatic nitrogens is 2. The number of hydrogen-bond donors (Lipinski definition) is 1. The minimum absolute atomic E-state index is 0.549. The Morgan fingerprint density at radius 2 is 1.90 bits per heavy atom. The van der Waals surface area contributed by atoms with E-state index in [-0.39, 0.29) is 0 Å². The van der Waals surface area contributed by atoms with Gasteiger partial charge in [0.05, 0.1) is 16.7 Å². The van der Waals surface area contributed by atoms with Crippen LogP contribution in [-0.2, 0) is 6.42 Å². The SMILES string of the molecule is CCc1nc2cc(N)ccc2n1-c1ccc(F)c(F)c1. The molecule has 0 saturated carbocycles. The first kappa shape index (κ1) is 12.6. The van der Waals surface area contributed by atoms with E-state index >= 15 is 0 Å². The summed E-state index contributed by atoms with van der Waals surface area (Å²) in [5.41, 5.74) is 8.48. The normalized spacial score (nSPS) is 11.2. The van der Waals surface area contributed by atoms with Crippen molar-refractivity contribution < 1.29 is 8.78 Å². The smallest absolute Gasteiger partial charge is 0.160 e. The summed E-state index contributed by atoms with van der Waals surface area (Å²) in [6, 6.07) is 9.19. The Balaban J connectivity index is 2.30. The number of nitrogens with two attached hydrogens (primary N) is 1. The van der Waals surface area contributed by atoms with Gasteiger partial charge in [-0.25, -0.2) is 13.8 Å². The van der Waals surface area contributed by atoms with Crippen LogP contribution in [0.3, 0.4) is 0 Å². The highest BCUT2D eigenvalue weighted by molar-refractivity contribution is 5.81. The lowest BCUT2D eigenvalue weighted by Gasteiger charge is -2.08. The Labute approximate surface area is 114 Å². The summed E-state index contributed by atoms with van der Waals surface area (Å²) in [5.74, 6) is -0.959. The number of imidazole rings is 1. The Kier molecular flexibility index (Phi) is 2.89. The summed E-state index contributed by atoms with van der Waals surface area (Å²) >= 11 is 0. The van der Waals surface area contributed by atoms with E-state index < -0.39 is 11.6 Å². The van der Waals surface area contributed by atoms with Crippen molar-refractivity contribution in [1.29, 1.82) is 0 Å². The lowest BCUT2D eigenvalue weighted by molar-refractivity contribution is 0.508. The molecule has 0 fully saturated rings. The first-order valence-corrected chi connectivity index (χ1v) is 6.32. The lowest BCUT2D eigenvalue weighted by Crippen LogP contribution is -2.01. The minimum Gasteiger partial charge on any atom is -0.399 e. The molecule has 2 N–H and O–H groups in total. The van der Waals surface area contributed by atoms with Crippen LogP contribution in [0.15, 0.2) is 36.4 Å². The number of benzene rings is 2. The summed E-state index contributed by atoms with van der Waals surface area (Å²) in [4.78, 5) is 4.49. The summed E-state index contributed by atoms with van der Waals surface area (Å²) in [7, 11) is 0. The predicted molar refractivity (Wildman–Crippen MR) is 74.8 cm³/mol. The van der Waals surface area contributed by atoms with E-state index in [1.54, 1.807) is 12.1 Å². The predicted octanol–water partition coefficient (Wildman–Crippen LogP) is 3.45. The largest absolute Gasteiger partial charge is 0.399 e. The fourth-order valence-corrected chi connectivity index (χ4v) is 2.30. The maximum absolute atomic E-state index is 13.4. The van der Waals surface area contributed by atoms with Gasteiger partial charge in [-0.15, -0.1) is 0 Å². The summed E-state index contributed by atoms with van der Waals surface area (Å²) in [5, 5.41) is 0. The van der Waals surface area contributed by atoms with Crippen molar-refractivity contribution in [3.63, 3.8) is 0 Å². The standard InChI is InChI=1S/C15H13F2N3/c1-2-15-19-13-7-9(18)3-6-14(13)20(15)10-4-5-11(16)12(17)8-10/h3-8H,2,18H2,1H3. The second-order valence-electron chi connectivity index (χ2n) is 4.56. The molecule has 0 radical (unpaired) electrons. The van der Waals surface area contributed by atoms with E-state index in [0.717, 1.165) is 22.9 Å². The van der Waals surface area contributed by atoms with Gasteiger partial charge in [0.1, 0.15) is 5.82 Å². The Morgan fingerprint density at radius 3 is 2.60 bits per heavy atom. The van der Waals surface area contributed by atoms with Crippen molar-refractivity contribution in [2.45, 2.75) is 13.3 Å². The molecule has 1 heterocycles. The molecule has 0 amide bonds. The fraction of sp³-hybridized carbons (Fsp3) is 0.133. The number of anilines is 1. The molecule has 3 nitrogen and oxygen atoms in total. The molecule has 1 aromatic heterocycles. The van der Waals surface area contributed by atoms with Gasteiger partial charge < -0.3 is 5.73 Å². The van der Waals surface area contributed by atoms with Crippen molar-refractivity contribution in [3.8, 4) is 5.69 Å². The number of aryl methyl sites for hydroxylation is 1. The third kappa shape index (κ3) is 1.91. The van der Waals surface area contributed by atoms with Gasteiger partial charge in [0, 0.05) is 18.2 Å². The second kappa shape index (κ2) is 4.59. The number of nitrogen functional groups attached to an aromatic ring is 1. The molecule has 0 spiro atoms. The fourth-order valence-electron chi connectivity index (χ4n) is 2.30. The van der Waals surface area contributed by atoms with Gasteiger partial charge in [0.25, 0.3) is 0 Å². The van der Waals surface area contributed by atoms with Gasteiger partial charge in [-0.2, -0.15) is 0 Å². The average Bonchev–Trinajstić information content (AvgIpc) is 2.79. The molecular weight excluding hydrogens is 260 g/mol. The monoisotopic (exact) mass is 273 g/mol. The van der Waals surface area contributed by atoms with Crippen LogP contribution in [0.4, 0.5) is 14.5 Å². The van der Waals surface area contributed by atoms with Crippen molar-refractivity contribution in [3.05, 3.63) is 53.9 Å². The molecule has 2 aromatic carbocycles. The summed E-state index contributed by atoms with van der Waals surface area (Å²) in [6.45, 7) is 1.96. The van der Waals surface area contributed by atoms with Crippen molar-refractivity contribution >= 4 is 16.7 Å². The van der Waals surface area contributed by atoms with Crippen LogP contribution in [0.1, 0.15) is 12.7 Å². The van der Waals surface area contributed by atoms with Crippen molar-refractivity contribution in [2.24, 2.45) is 0 Å². The number of rotatable bonds is 2. The third-order valence-corrected chi connectivity index (χ3v) is 3.23. The molecule has 0 saturated heterocycles. The molecule has 0 aliphatic heterocycles. The molecule has 5 heteroatoms. The van der Waals surface area contributed by atoms with Crippen molar-refractivity contribution in [2.75, 3.05) is 5.73 Å². The molecule has 0 aliphatic carbocycles. The van der Waals surface area contributed by atoms with Crippen molar-refractivity contribution in [1.82, 2.24) is 9.55 Å². The molecule has 3 aromatic rings. The second-order valence-corrected chi connectivity index (χ2v) is 4.56. The maximum Gasteiger partial charge on any atom is 0.160 e. The molecule has 0 bridgehead atoms. The maximum atomic E-state index is 13.4. The first-order valence-electron chi connectivity index (χ1n) is 6.32. The molecular formula is C15H13F2N3. The molecule has 0 aliphatic rings. The lowest BCUT2D eigenvalue weighted by atomic mass is 10.2. The van der Waals surface area contributed by atoms with Gasteiger partial charge in [-0.1, -0.05) is 6.92 Å². The van der Waals surface area contributed by atoms with Gasteiger partial charge in [0.15, 0.2) is 11.6 Å².